The van der Waals surface area contributed by atoms with Gasteiger partial charge >= 0.3 is 0 Å². The number of nitrogens with zero attached hydrogens (tertiary/aromatic N) is 2. The number of hydrogen-bond donors (Lipinski definition) is 3. The molecule has 2 aromatic rings. The largest absolute Gasteiger partial charge is 0.357 e. The van der Waals surface area contributed by atoms with Crippen LogP contribution in [0.15, 0.2) is 59.6 Å². The van der Waals surface area contributed by atoms with Crippen molar-refractivity contribution in [3.05, 3.63) is 71.3 Å². The maximum Gasteiger partial charge on any atom is 0.251 e. The molecule has 2 aromatic carbocycles. The zero-order valence-corrected chi connectivity index (χ0v) is 19.8. The maximum atomic E-state index is 12.3. The highest BCUT2D eigenvalue weighted by Gasteiger charge is 2.06. The third-order valence-electron chi connectivity index (χ3n) is 4.10. The fourth-order valence-electron chi connectivity index (χ4n) is 2.60. The minimum Gasteiger partial charge on any atom is -0.357 e. The van der Waals surface area contributed by atoms with Gasteiger partial charge in [0, 0.05) is 31.7 Å². The van der Waals surface area contributed by atoms with E-state index in [1.54, 1.807) is 0 Å². The van der Waals surface area contributed by atoms with E-state index in [0.717, 1.165) is 24.6 Å². The summed E-state index contributed by atoms with van der Waals surface area (Å²) in [4.78, 5) is 19.0. The minimum absolute atomic E-state index is 0. The number of guanidine groups is 1. The van der Waals surface area contributed by atoms with Crippen LogP contribution < -0.4 is 16.0 Å². The van der Waals surface area contributed by atoms with Crippen LogP contribution in [-0.2, 0) is 13.1 Å². The zero-order valence-electron chi connectivity index (χ0n) is 17.4. The van der Waals surface area contributed by atoms with Crippen LogP contribution in [0.25, 0.3) is 0 Å². The molecule has 0 spiro atoms. The molecule has 2 rings (SSSR count). The van der Waals surface area contributed by atoms with Gasteiger partial charge in [-0.2, -0.15) is 0 Å². The molecule has 0 saturated heterocycles. The van der Waals surface area contributed by atoms with Crippen LogP contribution in [0.4, 0.5) is 0 Å². The summed E-state index contributed by atoms with van der Waals surface area (Å²) in [5, 5.41) is 9.53. The molecule has 0 bridgehead atoms. The minimum atomic E-state index is -0.0539. The Morgan fingerprint density at radius 3 is 2.38 bits per heavy atom. The first-order chi connectivity index (χ1) is 13.6. The molecule has 158 valence electrons. The number of halogens is 1. The fourth-order valence-corrected chi connectivity index (χ4v) is 2.60. The lowest BCUT2D eigenvalue weighted by Gasteiger charge is -2.12. The van der Waals surface area contributed by atoms with Crippen molar-refractivity contribution in [2.24, 2.45) is 4.99 Å². The molecule has 1 amide bonds. The number of aliphatic imine (C=N–C) groups is 1. The van der Waals surface area contributed by atoms with Crippen molar-refractivity contribution in [2.45, 2.75) is 20.0 Å². The Labute approximate surface area is 191 Å². The lowest BCUT2D eigenvalue weighted by Crippen LogP contribution is -2.36. The molecule has 0 aliphatic carbocycles. The van der Waals surface area contributed by atoms with Gasteiger partial charge in [0.05, 0.1) is 6.54 Å². The van der Waals surface area contributed by atoms with Crippen molar-refractivity contribution in [1.82, 2.24) is 20.9 Å². The van der Waals surface area contributed by atoms with Gasteiger partial charge in [0.1, 0.15) is 0 Å². The number of benzene rings is 2. The summed E-state index contributed by atoms with van der Waals surface area (Å²) in [5.41, 5.74) is 2.86. The molecule has 0 aliphatic heterocycles. The molecule has 3 N–H and O–H groups in total. The molecule has 0 atom stereocenters. The number of nitrogens with one attached hydrogen (secondary N) is 3. The lowest BCUT2D eigenvalue weighted by atomic mass is 10.1. The van der Waals surface area contributed by atoms with Crippen LogP contribution in [-0.4, -0.2) is 50.5 Å². The van der Waals surface area contributed by atoms with Gasteiger partial charge in [0.2, 0.25) is 0 Å². The van der Waals surface area contributed by atoms with Gasteiger partial charge in [-0.3, -0.25) is 4.79 Å². The Hall–Kier alpha value is -2.13. The summed E-state index contributed by atoms with van der Waals surface area (Å²) < 4.78 is 0. The van der Waals surface area contributed by atoms with Crippen molar-refractivity contribution in [3.63, 3.8) is 0 Å². The highest BCUT2D eigenvalue weighted by atomic mass is 127. The summed E-state index contributed by atoms with van der Waals surface area (Å²) in [5.74, 6) is 0.703. The van der Waals surface area contributed by atoms with Crippen molar-refractivity contribution < 1.29 is 4.79 Å². The maximum absolute atomic E-state index is 12.3. The monoisotopic (exact) mass is 509 g/mol. The van der Waals surface area contributed by atoms with Crippen molar-refractivity contribution in [2.75, 3.05) is 33.7 Å². The fraction of sp³-hybridized carbons (Fsp3) is 0.364. The molecule has 0 fully saturated rings. The molecule has 6 nitrogen and oxygen atoms in total. The second-order valence-electron chi connectivity index (χ2n) is 6.79. The molecule has 29 heavy (non-hydrogen) atoms. The standard InChI is InChI=1S/C22H31N5O.HI/c1-4-23-22(25-16-18-9-6-5-7-10-18)26-17-19-11-8-12-20(15-19)21(28)24-13-14-27(2)3;/h5-12,15H,4,13-14,16-17H2,1-3H3,(H,24,28)(H2,23,25,26);1H. The molecule has 0 aliphatic rings. The summed E-state index contributed by atoms with van der Waals surface area (Å²) in [6, 6.07) is 17.8. The Morgan fingerprint density at radius 1 is 0.966 bits per heavy atom. The lowest BCUT2D eigenvalue weighted by molar-refractivity contribution is 0.0951. The SMILES string of the molecule is CCNC(=NCc1cccc(C(=O)NCCN(C)C)c1)NCc1ccccc1.I. The second kappa shape index (κ2) is 13.9. The van der Waals surface area contributed by atoms with E-state index in [2.05, 4.69) is 33.1 Å². The number of rotatable bonds is 9. The zero-order chi connectivity index (χ0) is 20.2. The predicted molar refractivity (Wildman–Crippen MR) is 131 cm³/mol. The summed E-state index contributed by atoms with van der Waals surface area (Å²) in [6.07, 6.45) is 0. The molecule has 0 heterocycles. The average molecular weight is 509 g/mol. The highest BCUT2D eigenvalue weighted by Crippen LogP contribution is 2.07. The Kier molecular flexibility index (Phi) is 12.0. The van der Waals surface area contributed by atoms with Crippen LogP contribution in [0.5, 0.6) is 0 Å². The quantitative estimate of drug-likeness (QED) is 0.276. The van der Waals surface area contributed by atoms with Gasteiger partial charge < -0.3 is 20.9 Å². The summed E-state index contributed by atoms with van der Waals surface area (Å²) in [7, 11) is 3.97. The topological polar surface area (TPSA) is 68.8 Å². The first kappa shape index (κ1) is 24.9. The van der Waals surface area contributed by atoms with E-state index >= 15 is 0 Å². The van der Waals surface area contributed by atoms with Gasteiger partial charge in [-0.25, -0.2) is 4.99 Å². The van der Waals surface area contributed by atoms with Gasteiger partial charge in [-0.1, -0.05) is 42.5 Å². The Balaban J connectivity index is 0.00000420. The number of hydrogen-bond acceptors (Lipinski definition) is 3. The number of carbonyl (C=O) groups is 1. The van der Waals surface area contributed by atoms with E-state index < -0.39 is 0 Å². The van der Waals surface area contributed by atoms with E-state index in [0.29, 0.717) is 25.2 Å². The van der Waals surface area contributed by atoms with Crippen LogP contribution in [0.1, 0.15) is 28.4 Å². The molecule has 0 unspecified atom stereocenters. The smallest absolute Gasteiger partial charge is 0.251 e. The average Bonchev–Trinajstić information content (AvgIpc) is 2.70. The molecule has 0 saturated carbocycles. The third-order valence-corrected chi connectivity index (χ3v) is 4.10. The Morgan fingerprint density at radius 2 is 1.69 bits per heavy atom. The highest BCUT2D eigenvalue weighted by molar-refractivity contribution is 14.0. The molecule has 0 aromatic heterocycles. The van der Waals surface area contributed by atoms with E-state index in [4.69, 9.17) is 0 Å². The van der Waals surface area contributed by atoms with E-state index in [-0.39, 0.29) is 29.9 Å². The van der Waals surface area contributed by atoms with Crippen LogP contribution in [0.3, 0.4) is 0 Å². The van der Waals surface area contributed by atoms with Gasteiger partial charge in [0.25, 0.3) is 5.91 Å². The first-order valence-corrected chi connectivity index (χ1v) is 9.66. The van der Waals surface area contributed by atoms with E-state index in [1.807, 2.05) is 68.4 Å². The van der Waals surface area contributed by atoms with Crippen LogP contribution in [0.2, 0.25) is 0 Å². The first-order valence-electron chi connectivity index (χ1n) is 9.66. The molecular formula is C22H32IN5O. The van der Waals surface area contributed by atoms with Gasteiger partial charge in [0.15, 0.2) is 5.96 Å². The van der Waals surface area contributed by atoms with Crippen LogP contribution in [0, 0.1) is 0 Å². The van der Waals surface area contributed by atoms with E-state index in [1.165, 1.54) is 5.56 Å². The molecule has 7 heteroatoms. The Bertz CT molecular complexity index is 765. The van der Waals surface area contributed by atoms with Gasteiger partial charge in [-0.15, -0.1) is 24.0 Å². The second-order valence-corrected chi connectivity index (χ2v) is 6.79. The predicted octanol–water partition coefficient (Wildman–Crippen LogP) is 2.85. The summed E-state index contributed by atoms with van der Waals surface area (Å²) >= 11 is 0. The van der Waals surface area contributed by atoms with E-state index in [9.17, 15) is 4.79 Å². The number of amides is 1. The molecular weight excluding hydrogens is 477 g/mol. The van der Waals surface area contributed by atoms with Gasteiger partial charge in [-0.05, 0) is 44.3 Å². The van der Waals surface area contributed by atoms with Crippen molar-refractivity contribution in [1.29, 1.82) is 0 Å². The third kappa shape index (κ3) is 9.76. The van der Waals surface area contributed by atoms with Crippen molar-refractivity contribution in [3.8, 4) is 0 Å². The summed E-state index contributed by atoms with van der Waals surface area (Å²) in [6.45, 7) is 5.48. The van der Waals surface area contributed by atoms with Crippen molar-refractivity contribution >= 4 is 35.8 Å². The number of likely N-dealkylation sites (N-methyl/N-ethyl adjacent to an activating group) is 1. The number of carbonyl (C=O) groups excluding carboxylic acids is 1. The van der Waals surface area contributed by atoms with Crippen LogP contribution >= 0.6 is 24.0 Å². The molecule has 0 radical (unpaired) electrons. The normalized spacial score (nSPS) is 11.0.